The molecule has 0 saturated carbocycles. The molecule has 0 heterocycles. The summed E-state index contributed by atoms with van der Waals surface area (Å²) >= 11 is 0. The normalized spacial score (nSPS) is 19.1. The predicted molar refractivity (Wildman–Crippen MR) is 70.5 cm³/mol. The van der Waals surface area contributed by atoms with Crippen LogP contribution < -0.4 is 10.5 Å². The molecule has 17 heavy (non-hydrogen) atoms. The summed E-state index contributed by atoms with van der Waals surface area (Å²) in [6.45, 7) is 0. The second-order valence-electron chi connectivity index (χ2n) is 4.76. The van der Waals surface area contributed by atoms with Gasteiger partial charge in [0.2, 0.25) is 0 Å². The molecule has 1 atom stereocenters. The Hall–Kier alpha value is -1.54. The van der Waals surface area contributed by atoms with Gasteiger partial charge < -0.3 is 10.5 Å². The Bertz CT molecular complexity index is 562. The first-order valence-corrected chi connectivity index (χ1v) is 6.12. The van der Waals surface area contributed by atoms with Gasteiger partial charge >= 0.3 is 0 Å². The molecule has 2 N–H and O–H groups in total. The highest BCUT2D eigenvalue weighted by Gasteiger charge is 2.21. The average Bonchev–Trinajstić information content (AvgIpc) is 2.37. The molecule has 0 bridgehead atoms. The predicted octanol–water partition coefficient (Wildman–Crippen LogP) is 2.66. The van der Waals surface area contributed by atoms with Crippen LogP contribution in [0.25, 0.3) is 10.8 Å². The minimum Gasteiger partial charge on any atom is -0.496 e. The SMILES string of the molecule is COc1cc2ccccc2c2c1C[C@@H](N)CC2. The number of aryl methyl sites for hydroxylation is 1. The van der Waals surface area contributed by atoms with E-state index in [1.165, 1.54) is 21.9 Å². The van der Waals surface area contributed by atoms with Gasteiger partial charge in [0.25, 0.3) is 0 Å². The van der Waals surface area contributed by atoms with Crippen LogP contribution in [0, 0.1) is 0 Å². The molecule has 0 aliphatic heterocycles. The summed E-state index contributed by atoms with van der Waals surface area (Å²) < 4.78 is 5.51. The molecule has 2 nitrogen and oxygen atoms in total. The molecule has 0 fully saturated rings. The number of ether oxygens (including phenoxy) is 1. The summed E-state index contributed by atoms with van der Waals surface area (Å²) in [7, 11) is 1.74. The van der Waals surface area contributed by atoms with Crippen molar-refractivity contribution >= 4 is 10.8 Å². The summed E-state index contributed by atoms with van der Waals surface area (Å²) in [5, 5.41) is 2.62. The number of benzene rings is 2. The summed E-state index contributed by atoms with van der Waals surface area (Å²) in [5.74, 6) is 0.994. The quantitative estimate of drug-likeness (QED) is 0.813. The molecule has 1 aliphatic carbocycles. The van der Waals surface area contributed by atoms with Crippen LogP contribution in [-0.2, 0) is 12.8 Å². The highest BCUT2D eigenvalue weighted by atomic mass is 16.5. The Morgan fingerprint density at radius 3 is 2.88 bits per heavy atom. The lowest BCUT2D eigenvalue weighted by Crippen LogP contribution is -2.28. The zero-order chi connectivity index (χ0) is 11.8. The average molecular weight is 227 g/mol. The van der Waals surface area contributed by atoms with Gasteiger partial charge in [-0.15, -0.1) is 0 Å². The lowest BCUT2D eigenvalue weighted by atomic mass is 9.85. The van der Waals surface area contributed by atoms with Crippen LogP contribution >= 0.6 is 0 Å². The molecule has 0 aromatic heterocycles. The second kappa shape index (κ2) is 4.04. The zero-order valence-electron chi connectivity index (χ0n) is 10.1. The van der Waals surface area contributed by atoms with E-state index in [9.17, 15) is 0 Å². The van der Waals surface area contributed by atoms with Gasteiger partial charge in [0.1, 0.15) is 5.75 Å². The van der Waals surface area contributed by atoms with Gasteiger partial charge in [-0.1, -0.05) is 24.3 Å². The van der Waals surface area contributed by atoms with Crippen molar-refractivity contribution in [2.75, 3.05) is 7.11 Å². The van der Waals surface area contributed by atoms with Gasteiger partial charge in [0.05, 0.1) is 7.11 Å². The van der Waals surface area contributed by atoms with E-state index in [2.05, 4.69) is 30.3 Å². The summed E-state index contributed by atoms with van der Waals surface area (Å²) in [5.41, 5.74) is 8.80. The zero-order valence-corrected chi connectivity index (χ0v) is 10.1. The monoisotopic (exact) mass is 227 g/mol. The van der Waals surface area contributed by atoms with Gasteiger partial charge in [-0.2, -0.15) is 0 Å². The van der Waals surface area contributed by atoms with E-state index >= 15 is 0 Å². The number of nitrogens with two attached hydrogens (primary N) is 1. The van der Waals surface area contributed by atoms with E-state index in [1.807, 2.05) is 0 Å². The third-order valence-corrected chi connectivity index (χ3v) is 3.69. The lowest BCUT2D eigenvalue weighted by Gasteiger charge is -2.25. The number of hydrogen-bond acceptors (Lipinski definition) is 2. The van der Waals surface area contributed by atoms with Crippen molar-refractivity contribution in [2.24, 2.45) is 5.73 Å². The molecule has 0 saturated heterocycles. The third kappa shape index (κ3) is 1.69. The lowest BCUT2D eigenvalue weighted by molar-refractivity contribution is 0.404. The third-order valence-electron chi connectivity index (χ3n) is 3.69. The number of hydrogen-bond donors (Lipinski definition) is 1. The first kappa shape index (κ1) is 10.6. The Labute approximate surface area is 101 Å². The highest BCUT2D eigenvalue weighted by molar-refractivity contribution is 5.89. The van der Waals surface area contributed by atoms with E-state index in [1.54, 1.807) is 7.11 Å². The van der Waals surface area contributed by atoms with Crippen molar-refractivity contribution in [3.63, 3.8) is 0 Å². The first-order valence-electron chi connectivity index (χ1n) is 6.12. The van der Waals surface area contributed by atoms with Crippen molar-refractivity contribution in [3.05, 3.63) is 41.5 Å². The molecule has 0 unspecified atom stereocenters. The van der Waals surface area contributed by atoms with E-state index in [-0.39, 0.29) is 6.04 Å². The fourth-order valence-electron chi connectivity index (χ4n) is 2.82. The minimum absolute atomic E-state index is 0.276. The van der Waals surface area contributed by atoms with Crippen LogP contribution in [0.2, 0.25) is 0 Å². The molecule has 3 rings (SSSR count). The maximum atomic E-state index is 6.06. The van der Waals surface area contributed by atoms with Crippen molar-refractivity contribution in [1.82, 2.24) is 0 Å². The van der Waals surface area contributed by atoms with Crippen LogP contribution in [0.4, 0.5) is 0 Å². The van der Waals surface area contributed by atoms with Gasteiger partial charge in [0, 0.05) is 6.04 Å². The van der Waals surface area contributed by atoms with Crippen LogP contribution in [0.15, 0.2) is 30.3 Å². The Morgan fingerprint density at radius 1 is 1.24 bits per heavy atom. The highest BCUT2D eigenvalue weighted by Crippen LogP contribution is 2.35. The first-order chi connectivity index (χ1) is 8.29. The topological polar surface area (TPSA) is 35.2 Å². The van der Waals surface area contributed by atoms with Gasteiger partial charge in [-0.25, -0.2) is 0 Å². The molecule has 0 spiro atoms. The number of methoxy groups -OCH3 is 1. The molecule has 0 radical (unpaired) electrons. The summed E-state index contributed by atoms with van der Waals surface area (Å²) in [4.78, 5) is 0. The van der Waals surface area contributed by atoms with E-state index in [4.69, 9.17) is 10.5 Å². The van der Waals surface area contributed by atoms with E-state index in [0.717, 1.165) is 25.0 Å². The largest absolute Gasteiger partial charge is 0.496 e. The molecule has 88 valence electrons. The fraction of sp³-hybridized carbons (Fsp3) is 0.333. The van der Waals surface area contributed by atoms with Crippen molar-refractivity contribution in [3.8, 4) is 5.75 Å². The van der Waals surface area contributed by atoms with Crippen molar-refractivity contribution in [1.29, 1.82) is 0 Å². The molecule has 1 aliphatic rings. The summed E-state index contributed by atoms with van der Waals surface area (Å²) in [6.07, 6.45) is 3.07. The van der Waals surface area contributed by atoms with E-state index in [0.29, 0.717) is 0 Å². The smallest absolute Gasteiger partial charge is 0.123 e. The molecule has 2 aromatic rings. The molecular weight excluding hydrogens is 210 g/mol. The second-order valence-corrected chi connectivity index (χ2v) is 4.76. The fourth-order valence-corrected chi connectivity index (χ4v) is 2.82. The maximum Gasteiger partial charge on any atom is 0.123 e. The van der Waals surface area contributed by atoms with Crippen LogP contribution in [-0.4, -0.2) is 13.2 Å². The van der Waals surface area contributed by atoms with Crippen LogP contribution in [0.5, 0.6) is 5.75 Å². The van der Waals surface area contributed by atoms with Gasteiger partial charge in [-0.3, -0.25) is 0 Å². The number of fused-ring (bicyclic) bond motifs is 3. The van der Waals surface area contributed by atoms with Gasteiger partial charge in [0.15, 0.2) is 0 Å². The van der Waals surface area contributed by atoms with Crippen molar-refractivity contribution in [2.45, 2.75) is 25.3 Å². The Kier molecular flexibility index (Phi) is 2.52. The minimum atomic E-state index is 0.276. The van der Waals surface area contributed by atoms with Crippen LogP contribution in [0.3, 0.4) is 0 Å². The molecular formula is C15H17NO. The van der Waals surface area contributed by atoms with E-state index < -0.39 is 0 Å². The molecule has 2 heteroatoms. The standard InChI is InChI=1S/C15H17NO/c1-17-15-8-10-4-2-3-5-12(10)13-7-6-11(16)9-14(13)15/h2-5,8,11H,6-7,9,16H2,1H3/t11-/m0/s1. The number of rotatable bonds is 1. The maximum absolute atomic E-state index is 6.06. The van der Waals surface area contributed by atoms with Crippen molar-refractivity contribution < 1.29 is 4.74 Å². The van der Waals surface area contributed by atoms with Crippen LogP contribution in [0.1, 0.15) is 17.5 Å². The molecule has 2 aromatic carbocycles. The summed E-state index contributed by atoms with van der Waals surface area (Å²) in [6, 6.07) is 10.9. The van der Waals surface area contributed by atoms with Gasteiger partial charge in [-0.05, 0) is 47.2 Å². The molecule has 0 amide bonds. The Balaban J connectivity index is 2.30. The Morgan fingerprint density at radius 2 is 2.06 bits per heavy atom.